The first-order chi connectivity index (χ1) is 6.83. The van der Waals surface area contributed by atoms with Crippen LogP contribution < -0.4 is 0 Å². The Morgan fingerprint density at radius 2 is 1.93 bits per heavy atom. The number of aryl methyl sites for hydroxylation is 1. The molecule has 2 aromatic rings. The zero-order valence-corrected chi connectivity index (χ0v) is 8.97. The van der Waals surface area contributed by atoms with Crippen LogP contribution in [0.4, 0.5) is 0 Å². The minimum Gasteiger partial charge on any atom is -0.360 e. The first kappa shape index (κ1) is 9.34. The summed E-state index contributed by atoms with van der Waals surface area (Å²) in [6, 6.07) is 10.1. The second-order valence-corrected chi connectivity index (χ2v) is 3.80. The molecule has 0 atom stereocenters. The van der Waals surface area contributed by atoms with Gasteiger partial charge in [0.25, 0.3) is 0 Å². The topological polar surface area (TPSA) is 26.0 Å². The Balaban J connectivity index is 2.52. The van der Waals surface area contributed by atoms with Crippen molar-refractivity contribution in [2.75, 3.05) is 6.26 Å². The third-order valence-corrected chi connectivity index (χ3v) is 2.95. The van der Waals surface area contributed by atoms with Gasteiger partial charge in [0.1, 0.15) is 11.5 Å². The van der Waals surface area contributed by atoms with Gasteiger partial charge in [0.05, 0.1) is 4.90 Å². The quantitative estimate of drug-likeness (QED) is 0.703. The maximum atomic E-state index is 5.17. The van der Waals surface area contributed by atoms with E-state index in [1.807, 2.05) is 43.5 Å². The largest absolute Gasteiger partial charge is 0.360 e. The van der Waals surface area contributed by atoms with Crippen LogP contribution in [0.5, 0.6) is 0 Å². The van der Waals surface area contributed by atoms with E-state index in [1.54, 1.807) is 11.8 Å². The Kier molecular flexibility index (Phi) is 2.59. The van der Waals surface area contributed by atoms with E-state index in [2.05, 4.69) is 5.16 Å². The highest BCUT2D eigenvalue weighted by Crippen LogP contribution is 2.31. The number of aromatic nitrogens is 1. The maximum Gasteiger partial charge on any atom is 0.147 e. The molecule has 0 saturated heterocycles. The van der Waals surface area contributed by atoms with Gasteiger partial charge in [-0.25, -0.2) is 0 Å². The molecule has 1 aromatic heterocycles. The van der Waals surface area contributed by atoms with Gasteiger partial charge in [-0.3, -0.25) is 0 Å². The first-order valence-electron chi connectivity index (χ1n) is 4.38. The van der Waals surface area contributed by atoms with Crippen molar-refractivity contribution < 1.29 is 4.52 Å². The van der Waals surface area contributed by atoms with Gasteiger partial charge in [-0.1, -0.05) is 35.5 Å². The van der Waals surface area contributed by atoms with Gasteiger partial charge in [0.15, 0.2) is 0 Å². The third kappa shape index (κ3) is 1.55. The van der Waals surface area contributed by atoms with Gasteiger partial charge in [0.2, 0.25) is 0 Å². The van der Waals surface area contributed by atoms with E-state index in [4.69, 9.17) is 4.52 Å². The molecule has 0 spiro atoms. The van der Waals surface area contributed by atoms with Crippen LogP contribution in [-0.4, -0.2) is 11.4 Å². The van der Waals surface area contributed by atoms with E-state index < -0.39 is 0 Å². The summed E-state index contributed by atoms with van der Waals surface area (Å²) >= 11 is 1.67. The molecule has 0 aliphatic rings. The molecule has 0 saturated carbocycles. The summed E-state index contributed by atoms with van der Waals surface area (Å²) in [5.74, 6) is 0.886. The summed E-state index contributed by atoms with van der Waals surface area (Å²) in [6.07, 6.45) is 2.03. The van der Waals surface area contributed by atoms with Crippen molar-refractivity contribution in [2.24, 2.45) is 0 Å². The lowest BCUT2D eigenvalue weighted by Gasteiger charge is -1.97. The summed E-state index contributed by atoms with van der Waals surface area (Å²) in [5, 5.41) is 4.06. The number of hydrogen-bond donors (Lipinski definition) is 0. The van der Waals surface area contributed by atoms with Crippen LogP contribution in [-0.2, 0) is 0 Å². The molecule has 3 heteroatoms. The van der Waals surface area contributed by atoms with E-state index in [0.29, 0.717) is 0 Å². The summed E-state index contributed by atoms with van der Waals surface area (Å²) in [5.41, 5.74) is 2.05. The predicted octanol–water partition coefficient (Wildman–Crippen LogP) is 3.37. The molecule has 0 N–H and O–H groups in total. The summed E-state index contributed by atoms with van der Waals surface area (Å²) in [4.78, 5) is 1.12. The summed E-state index contributed by atoms with van der Waals surface area (Å²) in [6.45, 7) is 1.94. The zero-order chi connectivity index (χ0) is 9.97. The molecule has 0 unspecified atom stereocenters. The molecule has 0 radical (unpaired) electrons. The smallest absolute Gasteiger partial charge is 0.147 e. The normalized spacial score (nSPS) is 10.4. The maximum absolute atomic E-state index is 5.17. The van der Waals surface area contributed by atoms with Gasteiger partial charge in [-0.05, 0) is 13.2 Å². The van der Waals surface area contributed by atoms with E-state index in [9.17, 15) is 0 Å². The fraction of sp³-hybridized carbons (Fsp3) is 0.182. The Hall–Kier alpha value is -1.22. The van der Waals surface area contributed by atoms with Crippen LogP contribution in [0, 0.1) is 6.92 Å². The highest BCUT2D eigenvalue weighted by Gasteiger charge is 2.12. The fourth-order valence-electron chi connectivity index (χ4n) is 1.38. The molecule has 72 valence electrons. The van der Waals surface area contributed by atoms with Crippen molar-refractivity contribution in [3.8, 4) is 11.3 Å². The van der Waals surface area contributed by atoms with E-state index in [1.165, 1.54) is 0 Å². The van der Waals surface area contributed by atoms with Gasteiger partial charge in [-0.15, -0.1) is 11.8 Å². The predicted molar refractivity (Wildman–Crippen MR) is 58.5 cm³/mol. The highest BCUT2D eigenvalue weighted by atomic mass is 32.2. The van der Waals surface area contributed by atoms with Crippen LogP contribution in [0.3, 0.4) is 0 Å². The van der Waals surface area contributed by atoms with Gasteiger partial charge >= 0.3 is 0 Å². The lowest BCUT2D eigenvalue weighted by atomic mass is 10.1. The lowest BCUT2D eigenvalue weighted by molar-refractivity contribution is 0.396. The monoisotopic (exact) mass is 205 g/mol. The molecule has 2 rings (SSSR count). The molecular weight excluding hydrogens is 194 g/mol. The van der Waals surface area contributed by atoms with Crippen molar-refractivity contribution in [3.05, 3.63) is 36.1 Å². The molecule has 0 bridgehead atoms. The van der Waals surface area contributed by atoms with Gasteiger partial charge in [0, 0.05) is 5.56 Å². The molecule has 0 aliphatic heterocycles. The molecule has 0 aliphatic carbocycles. The molecule has 0 fully saturated rings. The third-order valence-electron chi connectivity index (χ3n) is 2.06. The number of rotatable bonds is 2. The van der Waals surface area contributed by atoms with E-state index in [-0.39, 0.29) is 0 Å². The molecule has 1 heterocycles. The van der Waals surface area contributed by atoms with Crippen LogP contribution in [0.1, 0.15) is 5.76 Å². The molecular formula is C11H11NOS. The Morgan fingerprint density at radius 1 is 1.21 bits per heavy atom. The van der Waals surface area contributed by atoms with Gasteiger partial charge in [-0.2, -0.15) is 0 Å². The zero-order valence-electron chi connectivity index (χ0n) is 8.15. The molecule has 14 heavy (non-hydrogen) atoms. The Bertz CT molecular complexity index is 422. The first-order valence-corrected chi connectivity index (χ1v) is 5.61. The second kappa shape index (κ2) is 3.88. The Morgan fingerprint density at radius 3 is 2.57 bits per heavy atom. The van der Waals surface area contributed by atoms with Crippen molar-refractivity contribution in [1.82, 2.24) is 5.16 Å². The second-order valence-electron chi connectivity index (χ2n) is 2.99. The van der Waals surface area contributed by atoms with Gasteiger partial charge < -0.3 is 4.52 Å². The average molecular weight is 205 g/mol. The SMILES string of the molecule is CSc1c(-c2ccccc2)noc1C. The van der Waals surface area contributed by atoms with Crippen molar-refractivity contribution in [1.29, 1.82) is 0 Å². The number of benzene rings is 1. The summed E-state index contributed by atoms with van der Waals surface area (Å²) < 4.78 is 5.17. The standard InChI is InChI=1S/C11H11NOS/c1-8-11(14-2)10(12-13-8)9-6-4-3-5-7-9/h3-7H,1-2H3. The van der Waals surface area contributed by atoms with Crippen molar-refractivity contribution in [3.63, 3.8) is 0 Å². The van der Waals surface area contributed by atoms with E-state index >= 15 is 0 Å². The fourth-order valence-corrected chi connectivity index (χ4v) is 2.06. The Labute approximate surface area is 87.3 Å². The number of nitrogens with zero attached hydrogens (tertiary/aromatic N) is 1. The van der Waals surface area contributed by atoms with Crippen LogP contribution in [0.25, 0.3) is 11.3 Å². The van der Waals surface area contributed by atoms with Crippen molar-refractivity contribution in [2.45, 2.75) is 11.8 Å². The van der Waals surface area contributed by atoms with Crippen LogP contribution in [0.15, 0.2) is 39.8 Å². The average Bonchev–Trinajstić information content (AvgIpc) is 2.61. The summed E-state index contributed by atoms with van der Waals surface area (Å²) in [7, 11) is 0. The molecule has 2 nitrogen and oxygen atoms in total. The molecule has 0 amide bonds. The number of hydrogen-bond acceptors (Lipinski definition) is 3. The molecule has 1 aromatic carbocycles. The highest BCUT2D eigenvalue weighted by molar-refractivity contribution is 7.98. The number of thioether (sulfide) groups is 1. The van der Waals surface area contributed by atoms with Crippen LogP contribution >= 0.6 is 11.8 Å². The van der Waals surface area contributed by atoms with Crippen molar-refractivity contribution >= 4 is 11.8 Å². The minimum absolute atomic E-state index is 0.886. The van der Waals surface area contributed by atoms with E-state index in [0.717, 1.165) is 21.9 Å². The lowest BCUT2D eigenvalue weighted by Crippen LogP contribution is -1.79. The minimum atomic E-state index is 0.886. The van der Waals surface area contributed by atoms with Crippen LogP contribution in [0.2, 0.25) is 0 Å².